The first-order valence-electron chi connectivity index (χ1n) is 8.04. The van der Waals surface area contributed by atoms with E-state index in [9.17, 15) is 9.59 Å². The lowest BCUT2D eigenvalue weighted by Gasteiger charge is -2.17. The van der Waals surface area contributed by atoms with Crippen molar-refractivity contribution in [2.45, 2.75) is 19.0 Å². The third kappa shape index (κ3) is 6.53. The van der Waals surface area contributed by atoms with Crippen molar-refractivity contribution in [3.63, 3.8) is 0 Å². The summed E-state index contributed by atoms with van der Waals surface area (Å²) in [6, 6.07) is 7.21. The molecule has 1 aromatic rings. The van der Waals surface area contributed by atoms with Crippen LogP contribution in [0.25, 0.3) is 0 Å². The van der Waals surface area contributed by atoms with Crippen molar-refractivity contribution in [3.8, 4) is 5.75 Å². The molecule has 0 bridgehead atoms. The summed E-state index contributed by atoms with van der Waals surface area (Å²) in [7, 11) is 3.23. The zero-order valence-electron chi connectivity index (χ0n) is 14.6. The molecule has 7 nitrogen and oxygen atoms in total. The lowest BCUT2D eigenvalue weighted by atomic mass is 10.2. The van der Waals surface area contributed by atoms with Crippen LogP contribution in [0.15, 0.2) is 24.3 Å². The molecular weight excluding hydrogens is 346 g/mol. The van der Waals surface area contributed by atoms with Crippen molar-refractivity contribution in [1.82, 2.24) is 15.5 Å². The van der Waals surface area contributed by atoms with Crippen LogP contribution < -0.4 is 15.4 Å². The van der Waals surface area contributed by atoms with E-state index in [-0.39, 0.29) is 30.8 Å². The van der Waals surface area contributed by atoms with Crippen LogP contribution in [-0.2, 0) is 20.9 Å². The van der Waals surface area contributed by atoms with Gasteiger partial charge in [0.2, 0.25) is 11.8 Å². The highest BCUT2D eigenvalue weighted by Gasteiger charge is 2.32. The second-order valence-electron chi connectivity index (χ2n) is 5.69. The number of hydrogen-bond acceptors (Lipinski definition) is 5. The van der Waals surface area contributed by atoms with Gasteiger partial charge in [0.05, 0.1) is 20.3 Å². The van der Waals surface area contributed by atoms with Gasteiger partial charge in [0, 0.05) is 26.7 Å². The van der Waals surface area contributed by atoms with Crippen molar-refractivity contribution >= 4 is 24.2 Å². The lowest BCUT2D eigenvalue weighted by Crippen LogP contribution is -2.45. The van der Waals surface area contributed by atoms with Crippen molar-refractivity contribution in [2.24, 2.45) is 0 Å². The van der Waals surface area contributed by atoms with Gasteiger partial charge in [0.1, 0.15) is 11.8 Å². The molecule has 140 valence electrons. The molecule has 2 rings (SSSR count). The minimum absolute atomic E-state index is 0. The number of methoxy groups -OCH3 is 2. The molecule has 0 radical (unpaired) electrons. The second kappa shape index (κ2) is 10.9. The van der Waals surface area contributed by atoms with E-state index in [2.05, 4.69) is 10.6 Å². The normalized spacial score (nSPS) is 16.5. The summed E-state index contributed by atoms with van der Waals surface area (Å²) in [4.78, 5) is 26.0. The average molecular weight is 372 g/mol. The first-order valence-corrected chi connectivity index (χ1v) is 8.04. The molecule has 8 heteroatoms. The van der Waals surface area contributed by atoms with Crippen LogP contribution in [0.5, 0.6) is 5.75 Å². The number of halogens is 1. The third-order valence-corrected chi connectivity index (χ3v) is 3.93. The lowest BCUT2D eigenvalue weighted by molar-refractivity contribution is -0.132. The van der Waals surface area contributed by atoms with Crippen molar-refractivity contribution in [1.29, 1.82) is 0 Å². The number of rotatable bonds is 9. The van der Waals surface area contributed by atoms with Gasteiger partial charge in [-0.15, -0.1) is 12.4 Å². The van der Waals surface area contributed by atoms with Crippen LogP contribution in [0.3, 0.4) is 0 Å². The highest BCUT2D eigenvalue weighted by atomic mass is 35.5. The van der Waals surface area contributed by atoms with Crippen LogP contribution in [0, 0.1) is 0 Å². The molecule has 1 aromatic carbocycles. The Hall–Kier alpha value is -1.83. The Balaban J connectivity index is 0.00000312. The Morgan fingerprint density at radius 2 is 2.00 bits per heavy atom. The maximum Gasteiger partial charge on any atom is 0.245 e. The number of nitrogens with one attached hydrogen (secondary N) is 2. The monoisotopic (exact) mass is 371 g/mol. The summed E-state index contributed by atoms with van der Waals surface area (Å²) in [5, 5.41) is 5.75. The number of likely N-dealkylation sites (tertiary alicyclic amines) is 1. The largest absolute Gasteiger partial charge is 0.497 e. The molecule has 0 aliphatic carbocycles. The van der Waals surface area contributed by atoms with Gasteiger partial charge in [0.25, 0.3) is 0 Å². The number of benzene rings is 1. The summed E-state index contributed by atoms with van der Waals surface area (Å²) in [5.74, 6) is 0.587. The topological polar surface area (TPSA) is 79.9 Å². The SMILES string of the molecule is COCCNCC(=O)NC1CCN(Cc2ccc(OC)cc2)C1=O.Cl. The average Bonchev–Trinajstić information content (AvgIpc) is 2.93. The standard InChI is InChI=1S/C17H25N3O4.ClH/c1-23-10-8-18-11-16(21)19-15-7-9-20(17(15)22)12-13-3-5-14(24-2)6-4-13;/h3-6,15,18H,7-12H2,1-2H3,(H,19,21);1H. The number of carbonyl (C=O) groups excluding carboxylic acids is 2. The minimum Gasteiger partial charge on any atom is -0.497 e. The predicted molar refractivity (Wildman–Crippen MR) is 97.0 cm³/mol. The minimum atomic E-state index is -0.431. The van der Waals surface area contributed by atoms with Gasteiger partial charge in [-0.05, 0) is 24.1 Å². The van der Waals surface area contributed by atoms with E-state index in [1.54, 1.807) is 19.1 Å². The molecule has 1 heterocycles. The number of amides is 2. The van der Waals surface area contributed by atoms with E-state index in [1.165, 1.54) is 0 Å². The smallest absolute Gasteiger partial charge is 0.245 e. The summed E-state index contributed by atoms with van der Waals surface area (Å²) in [6.45, 7) is 2.53. The Morgan fingerprint density at radius 1 is 1.28 bits per heavy atom. The molecule has 2 amide bonds. The number of hydrogen-bond donors (Lipinski definition) is 2. The van der Waals surface area contributed by atoms with Crippen molar-refractivity contribution in [2.75, 3.05) is 40.5 Å². The highest BCUT2D eigenvalue weighted by Crippen LogP contribution is 2.17. The Labute approximate surface area is 154 Å². The highest BCUT2D eigenvalue weighted by molar-refractivity contribution is 5.89. The zero-order chi connectivity index (χ0) is 17.4. The fourth-order valence-corrected chi connectivity index (χ4v) is 2.60. The van der Waals surface area contributed by atoms with E-state index >= 15 is 0 Å². The van der Waals surface area contributed by atoms with E-state index < -0.39 is 6.04 Å². The quantitative estimate of drug-likeness (QED) is 0.620. The zero-order valence-corrected chi connectivity index (χ0v) is 15.4. The van der Waals surface area contributed by atoms with E-state index in [0.29, 0.717) is 32.7 Å². The molecule has 0 spiro atoms. The van der Waals surface area contributed by atoms with Gasteiger partial charge < -0.3 is 25.0 Å². The fraction of sp³-hybridized carbons (Fsp3) is 0.529. The maximum atomic E-state index is 12.4. The van der Waals surface area contributed by atoms with E-state index in [1.807, 2.05) is 24.3 Å². The van der Waals surface area contributed by atoms with Crippen LogP contribution >= 0.6 is 12.4 Å². The Kier molecular flexibility index (Phi) is 9.26. The van der Waals surface area contributed by atoms with Crippen LogP contribution in [0.1, 0.15) is 12.0 Å². The molecule has 1 aliphatic rings. The Bertz CT molecular complexity index is 553. The predicted octanol–water partition coefficient (Wildman–Crippen LogP) is 0.570. The van der Waals surface area contributed by atoms with Gasteiger partial charge in [0.15, 0.2) is 0 Å². The van der Waals surface area contributed by atoms with Crippen LogP contribution in [-0.4, -0.2) is 63.2 Å². The van der Waals surface area contributed by atoms with Crippen molar-refractivity contribution < 1.29 is 19.1 Å². The first-order chi connectivity index (χ1) is 11.6. The third-order valence-electron chi connectivity index (χ3n) is 3.93. The summed E-state index contributed by atoms with van der Waals surface area (Å²) in [6.07, 6.45) is 0.638. The van der Waals surface area contributed by atoms with Gasteiger partial charge in [-0.25, -0.2) is 0 Å². The van der Waals surface area contributed by atoms with E-state index in [4.69, 9.17) is 9.47 Å². The molecule has 0 saturated carbocycles. The Morgan fingerprint density at radius 3 is 2.64 bits per heavy atom. The number of carbonyl (C=O) groups is 2. The molecule has 1 saturated heterocycles. The van der Waals surface area contributed by atoms with Gasteiger partial charge in [-0.1, -0.05) is 12.1 Å². The second-order valence-corrected chi connectivity index (χ2v) is 5.69. The molecular formula is C17H26ClN3O4. The van der Waals surface area contributed by atoms with Crippen LogP contribution in [0.4, 0.5) is 0 Å². The number of nitrogens with zero attached hydrogens (tertiary/aromatic N) is 1. The van der Waals surface area contributed by atoms with Gasteiger partial charge in [-0.2, -0.15) is 0 Å². The first kappa shape index (κ1) is 21.2. The number of ether oxygens (including phenoxy) is 2. The fourth-order valence-electron chi connectivity index (χ4n) is 2.60. The van der Waals surface area contributed by atoms with Gasteiger partial charge >= 0.3 is 0 Å². The van der Waals surface area contributed by atoms with E-state index in [0.717, 1.165) is 11.3 Å². The van der Waals surface area contributed by atoms with Crippen molar-refractivity contribution in [3.05, 3.63) is 29.8 Å². The summed E-state index contributed by atoms with van der Waals surface area (Å²) < 4.78 is 10.0. The maximum absolute atomic E-state index is 12.4. The molecule has 1 atom stereocenters. The van der Waals surface area contributed by atoms with Gasteiger partial charge in [-0.3, -0.25) is 9.59 Å². The molecule has 0 aromatic heterocycles. The molecule has 1 unspecified atom stereocenters. The summed E-state index contributed by atoms with van der Waals surface area (Å²) in [5.41, 5.74) is 1.04. The van der Waals surface area contributed by atoms with Crippen LogP contribution in [0.2, 0.25) is 0 Å². The molecule has 25 heavy (non-hydrogen) atoms. The summed E-state index contributed by atoms with van der Waals surface area (Å²) >= 11 is 0. The molecule has 1 fully saturated rings. The molecule has 1 aliphatic heterocycles. The molecule has 2 N–H and O–H groups in total.